The number of thiazole rings is 1. The zero-order chi connectivity index (χ0) is 28.6. The summed E-state index contributed by atoms with van der Waals surface area (Å²) in [5, 5.41) is 7.87. The molecule has 2 amide bonds. The molecule has 0 aliphatic rings. The van der Waals surface area contributed by atoms with E-state index in [4.69, 9.17) is 4.74 Å². The molecule has 0 atom stereocenters. The smallest absolute Gasteiger partial charge is 0.252 e. The predicted molar refractivity (Wildman–Crippen MR) is 160 cm³/mol. The first kappa shape index (κ1) is 33.1. The molecule has 0 saturated heterocycles. The van der Waals surface area contributed by atoms with Gasteiger partial charge in [0.05, 0.1) is 11.3 Å². The van der Waals surface area contributed by atoms with Crippen LogP contribution in [0.5, 0.6) is 0 Å². The monoisotopic (exact) mass is 542 g/mol. The number of nitrogens with one attached hydrogen (secondary N) is 2. The van der Waals surface area contributed by atoms with E-state index in [1.54, 1.807) is 0 Å². The van der Waals surface area contributed by atoms with Crippen LogP contribution in [0.1, 0.15) is 77.2 Å². The van der Waals surface area contributed by atoms with Crippen molar-refractivity contribution in [1.29, 1.82) is 0 Å². The summed E-state index contributed by atoms with van der Waals surface area (Å²) < 4.78 is 7.33. The predicted octanol–water partition coefficient (Wildman–Crippen LogP) is 7.14. The van der Waals surface area contributed by atoms with Crippen LogP contribution < -0.4 is 10.6 Å². The first-order chi connectivity index (χ1) is 18.0. The molecule has 3 aromatic rings. The molecule has 210 valence electrons. The fourth-order valence-electron chi connectivity index (χ4n) is 3.10. The van der Waals surface area contributed by atoms with Crippen molar-refractivity contribution in [2.24, 2.45) is 5.92 Å². The number of aromatic nitrogens is 2. The van der Waals surface area contributed by atoms with Gasteiger partial charge >= 0.3 is 0 Å². The topological polar surface area (TPSA) is 85.2 Å². The van der Waals surface area contributed by atoms with Crippen LogP contribution in [0.2, 0.25) is 0 Å². The van der Waals surface area contributed by atoms with Crippen molar-refractivity contribution in [3.8, 4) is 11.3 Å². The molecule has 2 heterocycles. The van der Waals surface area contributed by atoms with Gasteiger partial charge in [-0.2, -0.15) is 0 Å². The van der Waals surface area contributed by atoms with Gasteiger partial charge in [0.25, 0.3) is 5.91 Å². The molecule has 0 fully saturated rings. The number of aryl methyl sites for hydroxylation is 1. The van der Waals surface area contributed by atoms with E-state index < -0.39 is 0 Å². The van der Waals surface area contributed by atoms with E-state index in [0.29, 0.717) is 18.1 Å². The number of nitrogens with zero attached hydrogens (tertiary/aromatic N) is 2. The number of rotatable bonds is 10. The molecule has 2 N–H and O–H groups in total. The quantitative estimate of drug-likeness (QED) is 0.211. The van der Waals surface area contributed by atoms with E-state index >= 15 is 0 Å². The minimum atomic E-state index is -0.00417. The van der Waals surface area contributed by atoms with Gasteiger partial charge in [-0.05, 0) is 65.5 Å². The lowest BCUT2D eigenvalue weighted by Gasteiger charge is -2.20. The number of benzene rings is 1. The van der Waals surface area contributed by atoms with Gasteiger partial charge < -0.3 is 19.9 Å². The third-order valence-corrected chi connectivity index (χ3v) is 6.03. The highest BCUT2D eigenvalue weighted by Crippen LogP contribution is 2.25. The number of hydrogen-bond donors (Lipinski definition) is 2. The third-order valence-electron chi connectivity index (χ3n) is 5.26. The van der Waals surface area contributed by atoms with Gasteiger partial charge in [-0.1, -0.05) is 44.5 Å². The Balaban J connectivity index is 0.000000295. The Morgan fingerprint density at radius 1 is 1.18 bits per heavy atom. The normalized spacial score (nSPS) is 10.7. The third kappa shape index (κ3) is 13.0. The van der Waals surface area contributed by atoms with Crippen LogP contribution in [0.25, 0.3) is 11.3 Å². The van der Waals surface area contributed by atoms with Gasteiger partial charge in [-0.3, -0.25) is 9.59 Å². The van der Waals surface area contributed by atoms with E-state index in [1.807, 2.05) is 60.5 Å². The van der Waals surface area contributed by atoms with Crippen LogP contribution >= 0.6 is 11.3 Å². The maximum Gasteiger partial charge on any atom is 0.252 e. The number of anilines is 1. The number of ether oxygens (including phenoxy) is 1. The van der Waals surface area contributed by atoms with Crippen molar-refractivity contribution in [2.45, 2.75) is 73.8 Å². The second kappa shape index (κ2) is 17.5. The molecule has 0 bridgehead atoms. The van der Waals surface area contributed by atoms with E-state index in [0.717, 1.165) is 42.4 Å². The number of hydrogen-bond acceptors (Lipinski definition) is 5. The van der Waals surface area contributed by atoms with Gasteiger partial charge in [-0.25, -0.2) is 4.98 Å². The Bertz CT molecular complexity index is 1080. The van der Waals surface area contributed by atoms with Gasteiger partial charge in [0.15, 0.2) is 5.13 Å². The standard InChI is InChI=1S/C11H10N2OS.C11H18N2O.C8H18O/c1-8-3-2-4-9(5-8)10-6-15-11(13-10)12-7-14;1-5-12-10(14)9-6-7-13(8-9)11(2,3)4;1-4-6-9-7-5-8(2)3/h2-7H,1H3,(H,12,13,14);6-8H,5H2,1-4H3,(H,12,14);8H,4-7H2,1-3H3. The zero-order valence-corrected chi connectivity index (χ0v) is 25.2. The van der Waals surface area contributed by atoms with E-state index in [-0.39, 0.29) is 11.4 Å². The largest absolute Gasteiger partial charge is 0.381 e. The summed E-state index contributed by atoms with van der Waals surface area (Å²) in [7, 11) is 0. The van der Waals surface area contributed by atoms with Crippen molar-refractivity contribution in [3.05, 3.63) is 59.2 Å². The molecule has 0 spiro atoms. The Labute approximate surface area is 233 Å². The Morgan fingerprint density at radius 2 is 1.92 bits per heavy atom. The molecular weight excluding hydrogens is 496 g/mol. The van der Waals surface area contributed by atoms with Crippen LogP contribution in [-0.2, 0) is 15.1 Å². The van der Waals surface area contributed by atoms with Crippen LogP contribution in [-0.4, -0.2) is 41.6 Å². The summed E-state index contributed by atoms with van der Waals surface area (Å²) in [4.78, 5) is 26.0. The van der Waals surface area contributed by atoms with E-state index in [9.17, 15) is 9.59 Å². The molecule has 0 unspecified atom stereocenters. The molecule has 38 heavy (non-hydrogen) atoms. The fourth-order valence-corrected chi connectivity index (χ4v) is 3.78. The molecule has 1 aromatic carbocycles. The van der Waals surface area contributed by atoms with E-state index in [1.165, 1.54) is 23.3 Å². The lowest BCUT2D eigenvalue weighted by atomic mass is 10.1. The highest BCUT2D eigenvalue weighted by molar-refractivity contribution is 7.14. The number of amides is 2. The van der Waals surface area contributed by atoms with Crippen molar-refractivity contribution in [3.63, 3.8) is 0 Å². The van der Waals surface area contributed by atoms with Gasteiger partial charge in [-0.15, -0.1) is 11.3 Å². The van der Waals surface area contributed by atoms with Crippen LogP contribution in [0.4, 0.5) is 5.13 Å². The second-order valence-electron chi connectivity index (χ2n) is 10.3. The highest BCUT2D eigenvalue weighted by Gasteiger charge is 2.14. The molecule has 8 heteroatoms. The van der Waals surface area contributed by atoms with Crippen molar-refractivity contribution in [1.82, 2.24) is 14.9 Å². The minimum Gasteiger partial charge on any atom is -0.381 e. The van der Waals surface area contributed by atoms with Gasteiger partial charge in [0.1, 0.15) is 0 Å². The van der Waals surface area contributed by atoms with Crippen LogP contribution in [0, 0.1) is 12.8 Å². The van der Waals surface area contributed by atoms with Crippen LogP contribution in [0.3, 0.4) is 0 Å². The van der Waals surface area contributed by atoms with E-state index in [2.05, 4.69) is 63.2 Å². The Hall–Kier alpha value is -2.97. The van der Waals surface area contributed by atoms with Crippen LogP contribution in [0.15, 0.2) is 48.1 Å². The lowest BCUT2D eigenvalue weighted by molar-refractivity contribution is -0.105. The fraction of sp³-hybridized carbons (Fsp3) is 0.500. The van der Waals surface area contributed by atoms with Gasteiger partial charge in [0.2, 0.25) is 6.41 Å². The maximum absolute atomic E-state index is 11.5. The number of carbonyl (C=O) groups is 2. The van der Waals surface area contributed by atoms with Crippen molar-refractivity contribution < 1.29 is 14.3 Å². The molecule has 0 radical (unpaired) electrons. The SMILES string of the molecule is CCCOCCC(C)C.CCNC(=O)c1ccn(C(C)(C)C)c1.Cc1cccc(-c2csc(NC=O)n2)c1. The molecule has 7 nitrogen and oxygen atoms in total. The minimum absolute atomic E-state index is 0.00417. The van der Waals surface area contributed by atoms with Crippen molar-refractivity contribution in [2.75, 3.05) is 25.1 Å². The lowest BCUT2D eigenvalue weighted by Crippen LogP contribution is -2.23. The molecular formula is C30H46N4O3S. The highest BCUT2D eigenvalue weighted by atomic mass is 32.1. The Kier molecular flexibility index (Phi) is 15.2. The molecule has 0 aliphatic heterocycles. The summed E-state index contributed by atoms with van der Waals surface area (Å²) in [6.45, 7) is 19.4. The maximum atomic E-state index is 11.5. The first-order valence-corrected chi connectivity index (χ1v) is 14.2. The second-order valence-corrected chi connectivity index (χ2v) is 11.2. The first-order valence-electron chi connectivity index (χ1n) is 13.3. The van der Waals surface area contributed by atoms with Gasteiger partial charge in [0, 0.05) is 48.6 Å². The summed E-state index contributed by atoms with van der Waals surface area (Å²) in [5.74, 6) is 0.775. The molecule has 0 aliphatic carbocycles. The molecule has 3 rings (SSSR count). The average Bonchev–Trinajstić information content (AvgIpc) is 3.54. The summed E-state index contributed by atoms with van der Waals surface area (Å²) in [5.41, 5.74) is 3.93. The zero-order valence-electron chi connectivity index (χ0n) is 24.3. The number of carbonyl (C=O) groups excluding carboxylic acids is 2. The summed E-state index contributed by atoms with van der Waals surface area (Å²) in [6, 6.07) is 9.96. The average molecular weight is 543 g/mol. The summed E-state index contributed by atoms with van der Waals surface area (Å²) >= 11 is 1.42. The molecule has 2 aromatic heterocycles. The Morgan fingerprint density at radius 3 is 2.47 bits per heavy atom. The summed E-state index contributed by atoms with van der Waals surface area (Å²) in [6.07, 6.45) is 6.78. The van der Waals surface area contributed by atoms with Crippen molar-refractivity contribution >= 4 is 28.8 Å². The molecule has 0 saturated carbocycles.